The minimum Gasteiger partial charge on any atom is -0.464 e. The summed E-state index contributed by atoms with van der Waals surface area (Å²) in [5.74, 6) is -0.536. The lowest BCUT2D eigenvalue weighted by atomic mass is 10.1. The second-order valence-corrected chi connectivity index (χ2v) is 6.29. The second kappa shape index (κ2) is 6.71. The third-order valence-electron chi connectivity index (χ3n) is 4.67. The van der Waals surface area contributed by atoms with Crippen LogP contribution in [0.15, 0.2) is 42.5 Å². The Kier molecular flexibility index (Phi) is 4.24. The summed E-state index contributed by atoms with van der Waals surface area (Å²) in [5, 5.41) is 0. The number of aromatic nitrogens is 2. The summed E-state index contributed by atoms with van der Waals surface area (Å²) in [6.45, 7) is 2.62. The maximum absolute atomic E-state index is 13.2. The van der Waals surface area contributed by atoms with Crippen molar-refractivity contribution in [2.24, 2.45) is 0 Å². The van der Waals surface area contributed by atoms with Gasteiger partial charge in [-0.05, 0) is 44.0 Å². The normalized spacial score (nSPS) is 17.0. The van der Waals surface area contributed by atoms with Gasteiger partial charge < -0.3 is 9.64 Å². The number of para-hydroxylation sites is 3. The largest absolute Gasteiger partial charge is 0.464 e. The topological polar surface area (TPSA) is 72.4 Å². The number of likely N-dealkylation sites (tertiary alicyclic amines) is 1. The van der Waals surface area contributed by atoms with Gasteiger partial charge >= 0.3 is 5.97 Å². The Morgan fingerprint density at radius 2 is 1.81 bits per heavy atom. The number of fused-ring (bicyclic) bond motifs is 2. The number of benzene rings is 2. The fourth-order valence-electron chi connectivity index (χ4n) is 3.46. The third kappa shape index (κ3) is 2.77. The van der Waals surface area contributed by atoms with Gasteiger partial charge in [-0.25, -0.2) is 14.8 Å². The van der Waals surface area contributed by atoms with E-state index in [0.717, 1.165) is 17.5 Å². The standard InChI is InChI=1S/C20H19N3O3/c1-2-26-20(25)17-11-6-12-23(17)19(24)13-7-5-10-16-18(13)22-15-9-4-3-8-14(15)21-16/h3-5,7-10,17H,2,6,11-12H2,1H3/t17-/m0/s1. The molecule has 2 heterocycles. The molecule has 0 radical (unpaired) electrons. The second-order valence-electron chi connectivity index (χ2n) is 6.29. The van der Waals surface area contributed by atoms with E-state index in [9.17, 15) is 9.59 Å². The van der Waals surface area contributed by atoms with Gasteiger partial charge in [0.05, 0.1) is 28.7 Å². The minimum atomic E-state index is -0.522. The highest BCUT2D eigenvalue weighted by molar-refractivity contribution is 6.07. The zero-order valence-electron chi connectivity index (χ0n) is 14.5. The Hall–Kier alpha value is -3.02. The van der Waals surface area contributed by atoms with E-state index in [4.69, 9.17) is 4.74 Å². The summed E-state index contributed by atoms with van der Waals surface area (Å²) in [5.41, 5.74) is 3.22. The molecule has 26 heavy (non-hydrogen) atoms. The average Bonchev–Trinajstić information content (AvgIpc) is 3.15. The first-order valence-corrected chi connectivity index (χ1v) is 8.82. The maximum atomic E-state index is 13.2. The Morgan fingerprint density at radius 3 is 2.58 bits per heavy atom. The highest BCUT2D eigenvalue weighted by atomic mass is 16.5. The fourth-order valence-corrected chi connectivity index (χ4v) is 3.46. The molecule has 6 nitrogen and oxygen atoms in total. The van der Waals surface area contributed by atoms with Crippen molar-refractivity contribution < 1.29 is 14.3 Å². The lowest BCUT2D eigenvalue weighted by Gasteiger charge is -2.23. The Morgan fingerprint density at radius 1 is 1.08 bits per heavy atom. The van der Waals surface area contributed by atoms with Crippen LogP contribution in [0.2, 0.25) is 0 Å². The number of hydrogen-bond donors (Lipinski definition) is 0. The smallest absolute Gasteiger partial charge is 0.328 e. The van der Waals surface area contributed by atoms with E-state index in [-0.39, 0.29) is 11.9 Å². The first-order valence-electron chi connectivity index (χ1n) is 8.82. The van der Waals surface area contributed by atoms with Crippen LogP contribution in [0, 0.1) is 0 Å². The number of rotatable bonds is 3. The molecular weight excluding hydrogens is 330 g/mol. The maximum Gasteiger partial charge on any atom is 0.328 e. The van der Waals surface area contributed by atoms with Crippen LogP contribution in [0.3, 0.4) is 0 Å². The van der Waals surface area contributed by atoms with Crippen molar-refractivity contribution in [2.45, 2.75) is 25.8 Å². The zero-order chi connectivity index (χ0) is 18.1. The predicted molar refractivity (Wildman–Crippen MR) is 97.7 cm³/mol. The van der Waals surface area contributed by atoms with Crippen molar-refractivity contribution in [2.75, 3.05) is 13.2 Å². The molecule has 1 amide bonds. The predicted octanol–water partition coefficient (Wildman–Crippen LogP) is 2.95. The van der Waals surface area contributed by atoms with Crippen LogP contribution in [0.4, 0.5) is 0 Å². The summed E-state index contributed by atoms with van der Waals surface area (Å²) < 4.78 is 5.13. The highest BCUT2D eigenvalue weighted by Gasteiger charge is 2.36. The van der Waals surface area contributed by atoms with E-state index in [0.29, 0.717) is 36.2 Å². The van der Waals surface area contributed by atoms with Gasteiger partial charge in [-0.1, -0.05) is 18.2 Å². The van der Waals surface area contributed by atoms with E-state index in [1.807, 2.05) is 30.3 Å². The van der Waals surface area contributed by atoms with Gasteiger partial charge in [-0.15, -0.1) is 0 Å². The monoisotopic (exact) mass is 349 g/mol. The Balaban J connectivity index is 1.77. The molecule has 3 aromatic rings. The van der Waals surface area contributed by atoms with Crippen LogP contribution in [0.5, 0.6) is 0 Å². The molecule has 4 rings (SSSR count). The van der Waals surface area contributed by atoms with Crippen LogP contribution < -0.4 is 0 Å². The molecule has 1 fully saturated rings. The summed E-state index contributed by atoms with van der Waals surface area (Å²) in [6.07, 6.45) is 1.42. The van der Waals surface area contributed by atoms with Crippen LogP contribution in [-0.2, 0) is 9.53 Å². The SMILES string of the molecule is CCOC(=O)[C@@H]1CCCN1C(=O)c1cccc2nc3ccccc3nc12. The molecule has 2 aromatic carbocycles. The highest BCUT2D eigenvalue weighted by Crippen LogP contribution is 2.25. The van der Waals surface area contributed by atoms with Crippen LogP contribution >= 0.6 is 0 Å². The number of esters is 1. The van der Waals surface area contributed by atoms with Crippen molar-refractivity contribution in [1.29, 1.82) is 0 Å². The fraction of sp³-hybridized carbons (Fsp3) is 0.300. The van der Waals surface area contributed by atoms with Crippen molar-refractivity contribution in [3.8, 4) is 0 Å². The number of carbonyl (C=O) groups is 2. The van der Waals surface area contributed by atoms with Crippen LogP contribution in [0.25, 0.3) is 22.1 Å². The lowest BCUT2D eigenvalue weighted by molar-refractivity contribution is -0.147. The average molecular weight is 349 g/mol. The molecular formula is C20H19N3O3. The van der Waals surface area contributed by atoms with Crippen molar-refractivity contribution in [3.63, 3.8) is 0 Å². The molecule has 1 saturated heterocycles. The van der Waals surface area contributed by atoms with Crippen molar-refractivity contribution >= 4 is 33.9 Å². The van der Waals surface area contributed by atoms with Crippen molar-refractivity contribution in [3.05, 3.63) is 48.0 Å². The van der Waals surface area contributed by atoms with E-state index in [2.05, 4.69) is 9.97 Å². The molecule has 0 unspecified atom stereocenters. The van der Waals surface area contributed by atoms with E-state index < -0.39 is 6.04 Å². The van der Waals surface area contributed by atoms with Crippen LogP contribution in [0.1, 0.15) is 30.1 Å². The number of hydrogen-bond acceptors (Lipinski definition) is 5. The third-order valence-corrected chi connectivity index (χ3v) is 4.67. The van der Waals surface area contributed by atoms with Gasteiger partial charge in [0.2, 0.25) is 0 Å². The first kappa shape index (κ1) is 16.4. The molecule has 6 heteroatoms. The number of nitrogens with zero attached hydrogens (tertiary/aromatic N) is 3. The minimum absolute atomic E-state index is 0.198. The number of ether oxygens (including phenoxy) is 1. The molecule has 0 bridgehead atoms. The molecule has 1 aromatic heterocycles. The van der Waals surface area contributed by atoms with E-state index in [1.165, 1.54) is 0 Å². The number of carbonyl (C=O) groups excluding carboxylic acids is 2. The molecule has 1 atom stereocenters. The van der Waals surface area contributed by atoms with Gasteiger partial charge in [0.25, 0.3) is 5.91 Å². The summed E-state index contributed by atoms with van der Waals surface area (Å²) in [6, 6.07) is 12.4. The van der Waals surface area contributed by atoms with Gasteiger partial charge in [0.1, 0.15) is 11.6 Å². The molecule has 0 saturated carbocycles. The molecule has 1 aliphatic heterocycles. The Labute approximate surface area is 150 Å². The van der Waals surface area contributed by atoms with E-state index in [1.54, 1.807) is 24.0 Å². The summed E-state index contributed by atoms with van der Waals surface area (Å²) in [4.78, 5) is 36.2. The lowest BCUT2D eigenvalue weighted by Crippen LogP contribution is -2.41. The van der Waals surface area contributed by atoms with Gasteiger partial charge in [-0.2, -0.15) is 0 Å². The molecule has 0 N–H and O–H groups in total. The molecule has 1 aliphatic rings. The number of amides is 1. The van der Waals surface area contributed by atoms with E-state index >= 15 is 0 Å². The van der Waals surface area contributed by atoms with Gasteiger partial charge in [0, 0.05) is 6.54 Å². The zero-order valence-corrected chi connectivity index (χ0v) is 14.5. The van der Waals surface area contributed by atoms with Crippen LogP contribution in [-0.4, -0.2) is 45.9 Å². The molecule has 0 spiro atoms. The molecule has 132 valence electrons. The van der Waals surface area contributed by atoms with Gasteiger partial charge in [0.15, 0.2) is 0 Å². The Bertz CT molecular complexity index is 1000. The summed E-state index contributed by atoms with van der Waals surface area (Å²) >= 11 is 0. The quantitative estimate of drug-likeness (QED) is 0.537. The van der Waals surface area contributed by atoms with Crippen molar-refractivity contribution in [1.82, 2.24) is 14.9 Å². The molecule has 0 aliphatic carbocycles. The first-order chi connectivity index (χ1) is 12.7. The van der Waals surface area contributed by atoms with Gasteiger partial charge in [-0.3, -0.25) is 4.79 Å². The summed E-state index contributed by atoms with van der Waals surface area (Å²) in [7, 11) is 0.